The summed E-state index contributed by atoms with van der Waals surface area (Å²) in [5.74, 6) is -6.93. The Morgan fingerprint density at radius 2 is 1.11 bits per heavy atom. The Morgan fingerprint density at radius 1 is 0.750 bits per heavy atom. The van der Waals surface area contributed by atoms with Gasteiger partial charge in [-0.05, 0) is 62.4 Å². The molecule has 0 heterocycles. The molecule has 0 aliphatic heterocycles. The highest BCUT2D eigenvalue weighted by Gasteiger charge is 2.42. The molecule has 0 aromatic heterocycles. The topological polar surface area (TPSA) is 86.7 Å². The van der Waals surface area contributed by atoms with Gasteiger partial charge in [0.1, 0.15) is 0 Å². The van der Waals surface area contributed by atoms with Gasteiger partial charge in [-0.2, -0.15) is 17.6 Å². The molecule has 0 bridgehead atoms. The van der Waals surface area contributed by atoms with Gasteiger partial charge in [0.15, 0.2) is 11.6 Å². The number of hydrogen-bond acceptors (Lipinski definition) is 6. The van der Waals surface area contributed by atoms with Crippen LogP contribution in [-0.2, 0) is 25.0 Å². The SMILES string of the molecule is CC(=O)c1ccc(I)cc1.CCOC(=O)C(F)(F)Br.CCOC(=O)C(F)(F)c1ccc(C(C)=O)cc1. The van der Waals surface area contributed by atoms with Gasteiger partial charge in [-0.3, -0.25) is 9.59 Å². The van der Waals surface area contributed by atoms with E-state index in [0.717, 1.165) is 21.3 Å². The van der Waals surface area contributed by atoms with Crippen molar-refractivity contribution in [3.05, 3.63) is 68.8 Å². The number of ketones is 2. The number of esters is 2. The number of ether oxygens (including phenoxy) is 2. The number of carbonyl (C=O) groups is 4. The summed E-state index contributed by atoms with van der Waals surface area (Å²) in [6, 6.07) is 12.1. The summed E-state index contributed by atoms with van der Waals surface area (Å²) in [7, 11) is 0. The lowest BCUT2D eigenvalue weighted by Crippen LogP contribution is -2.28. The Bertz CT molecular complexity index is 1020. The fraction of sp³-hybridized carbons (Fsp3) is 0.333. The van der Waals surface area contributed by atoms with Gasteiger partial charge >= 0.3 is 22.7 Å². The minimum absolute atomic E-state index is 0.0416. The molecule has 0 atom stereocenters. The second-order valence-electron chi connectivity index (χ2n) is 6.71. The van der Waals surface area contributed by atoms with Crippen molar-refractivity contribution in [1.82, 2.24) is 0 Å². The molecule has 36 heavy (non-hydrogen) atoms. The number of alkyl halides is 5. The first kappa shape index (κ1) is 33.7. The van der Waals surface area contributed by atoms with Crippen LogP contribution in [0.5, 0.6) is 0 Å². The van der Waals surface area contributed by atoms with E-state index in [4.69, 9.17) is 0 Å². The molecular weight excluding hydrogens is 667 g/mol. The maximum Gasteiger partial charge on any atom is 0.395 e. The molecule has 0 saturated heterocycles. The van der Waals surface area contributed by atoms with Crippen LogP contribution in [-0.4, -0.2) is 41.6 Å². The Labute approximate surface area is 228 Å². The number of benzene rings is 2. The van der Waals surface area contributed by atoms with Gasteiger partial charge in [0.05, 0.1) is 13.2 Å². The smallest absolute Gasteiger partial charge is 0.395 e. The first-order valence-electron chi connectivity index (χ1n) is 10.2. The molecule has 0 fully saturated rings. The molecule has 198 valence electrons. The molecule has 0 amide bonds. The van der Waals surface area contributed by atoms with Crippen LogP contribution in [0.3, 0.4) is 0 Å². The summed E-state index contributed by atoms with van der Waals surface area (Å²) in [6.07, 6.45) is 0. The van der Waals surface area contributed by atoms with E-state index in [2.05, 4.69) is 32.1 Å². The monoisotopic (exact) mass is 690 g/mol. The number of rotatable bonds is 7. The number of Topliss-reactive ketones (excluding diaryl/α,β-unsaturated/α-hetero) is 2. The van der Waals surface area contributed by atoms with Crippen molar-refractivity contribution >= 4 is 62.0 Å². The third kappa shape index (κ3) is 12.1. The predicted molar refractivity (Wildman–Crippen MR) is 137 cm³/mol. The minimum atomic E-state index is -3.69. The Kier molecular flexibility index (Phi) is 14.7. The van der Waals surface area contributed by atoms with Gasteiger partial charge in [-0.15, -0.1) is 0 Å². The van der Waals surface area contributed by atoms with E-state index < -0.39 is 28.3 Å². The van der Waals surface area contributed by atoms with Crippen LogP contribution in [0.1, 0.15) is 54.0 Å². The van der Waals surface area contributed by atoms with Gasteiger partial charge in [-0.25, -0.2) is 9.59 Å². The zero-order valence-corrected chi connectivity index (χ0v) is 23.5. The second kappa shape index (κ2) is 15.7. The lowest BCUT2D eigenvalue weighted by atomic mass is 10.0. The first-order valence-corrected chi connectivity index (χ1v) is 12.1. The standard InChI is InChI=1S/C12H12F2O3.C8H7IO.C4H5BrF2O2/c1-3-17-11(16)12(13,14)10-6-4-9(5-7-10)8(2)15;1-6(10)7-2-4-8(9)5-3-7;1-2-9-3(8)4(5,6)7/h4-7H,3H2,1-2H3;2-5H,1H3;2H2,1H3. The zero-order valence-electron chi connectivity index (χ0n) is 19.8. The van der Waals surface area contributed by atoms with Crippen molar-refractivity contribution in [2.45, 2.75) is 38.4 Å². The van der Waals surface area contributed by atoms with E-state index in [-0.39, 0.29) is 24.8 Å². The molecule has 0 aliphatic rings. The van der Waals surface area contributed by atoms with E-state index in [0.29, 0.717) is 5.56 Å². The summed E-state index contributed by atoms with van der Waals surface area (Å²) < 4.78 is 59.9. The Morgan fingerprint density at radius 3 is 1.42 bits per heavy atom. The summed E-state index contributed by atoms with van der Waals surface area (Å²) in [5, 5.41) is 0. The van der Waals surface area contributed by atoms with E-state index in [9.17, 15) is 36.7 Å². The lowest BCUT2D eigenvalue weighted by molar-refractivity contribution is -0.173. The van der Waals surface area contributed by atoms with Crippen molar-refractivity contribution in [3.63, 3.8) is 0 Å². The maximum absolute atomic E-state index is 13.5. The summed E-state index contributed by atoms with van der Waals surface area (Å²) in [6.45, 7) is 5.66. The number of halogens is 6. The maximum atomic E-state index is 13.5. The van der Waals surface area contributed by atoms with Crippen LogP contribution in [0.4, 0.5) is 17.6 Å². The first-order chi connectivity index (χ1) is 16.6. The molecule has 2 aromatic rings. The zero-order chi connectivity index (χ0) is 28.1. The van der Waals surface area contributed by atoms with Gasteiger partial charge in [0.2, 0.25) is 0 Å². The molecule has 6 nitrogen and oxygen atoms in total. The van der Waals surface area contributed by atoms with Crippen LogP contribution < -0.4 is 0 Å². The second-order valence-corrected chi connectivity index (χ2v) is 8.95. The van der Waals surface area contributed by atoms with Crippen molar-refractivity contribution < 1.29 is 46.2 Å². The van der Waals surface area contributed by atoms with Gasteiger partial charge < -0.3 is 9.47 Å². The lowest BCUT2D eigenvalue weighted by Gasteiger charge is -2.14. The van der Waals surface area contributed by atoms with E-state index >= 15 is 0 Å². The molecule has 12 heteroatoms. The molecule has 0 saturated carbocycles. The van der Waals surface area contributed by atoms with Gasteiger partial charge in [0.25, 0.3) is 0 Å². The molecule has 2 rings (SSSR count). The Hall–Kier alpha value is -2.35. The van der Waals surface area contributed by atoms with Crippen molar-refractivity contribution in [1.29, 1.82) is 0 Å². The average Bonchev–Trinajstić information content (AvgIpc) is 2.80. The van der Waals surface area contributed by atoms with Crippen LogP contribution >= 0.6 is 38.5 Å². The summed E-state index contributed by atoms with van der Waals surface area (Å²) >= 11 is 4.05. The van der Waals surface area contributed by atoms with Gasteiger partial charge in [-0.1, -0.05) is 36.4 Å². The third-order valence-electron chi connectivity index (χ3n) is 3.94. The normalized spacial score (nSPS) is 10.6. The largest absolute Gasteiger partial charge is 0.461 e. The highest BCUT2D eigenvalue weighted by molar-refractivity contribution is 14.1. The predicted octanol–water partition coefficient (Wildman–Crippen LogP) is 6.58. The quantitative estimate of drug-likeness (QED) is 0.107. The number of carbonyl (C=O) groups excluding carboxylic acids is 4. The van der Waals surface area contributed by atoms with Gasteiger partial charge in [0, 0.05) is 36.2 Å². The average molecular weight is 691 g/mol. The van der Waals surface area contributed by atoms with E-state index in [1.807, 2.05) is 40.2 Å². The Balaban J connectivity index is 0.000000551. The van der Waals surface area contributed by atoms with Crippen LogP contribution in [0.15, 0.2) is 48.5 Å². The molecule has 2 aromatic carbocycles. The van der Waals surface area contributed by atoms with Crippen molar-refractivity contribution in [3.8, 4) is 0 Å². The van der Waals surface area contributed by atoms with E-state index in [1.54, 1.807) is 6.92 Å². The minimum Gasteiger partial charge on any atom is -0.461 e. The summed E-state index contributed by atoms with van der Waals surface area (Å²) in [5.41, 5.74) is 0.606. The molecule has 0 aliphatic carbocycles. The fourth-order valence-electron chi connectivity index (χ4n) is 2.15. The van der Waals surface area contributed by atoms with Crippen LogP contribution in [0.2, 0.25) is 0 Å². The summed E-state index contributed by atoms with van der Waals surface area (Å²) in [4.78, 5) is 39.3. The third-order valence-corrected chi connectivity index (χ3v) is 4.99. The number of hydrogen-bond donors (Lipinski definition) is 0. The highest BCUT2D eigenvalue weighted by Crippen LogP contribution is 2.29. The van der Waals surface area contributed by atoms with Crippen molar-refractivity contribution in [2.24, 2.45) is 0 Å². The molecule has 0 radical (unpaired) electrons. The molecule has 0 spiro atoms. The highest BCUT2D eigenvalue weighted by atomic mass is 127. The molecular formula is C24H24BrF4IO6. The molecule has 0 unspecified atom stereocenters. The molecule has 0 N–H and O–H groups in total. The van der Waals surface area contributed by atoms with Crippen LogP contribution in [0, 0.1) is 3.57 Å². The fourth-order valence-corrected chi connectivity index (χ4v) is 2.63. The van der Waals surface area contributed by atoms with E-state index in [1.165, 1.54) is 32.9 Å². The van der Waals surface area contributed by atoms with Crippen molar-refractivity contribution in [2.75, 3.05) is 13.2 Å². The van der Waals surface area contributed by atoms with Crippen LogP contribution in [0.25, 0.3) is 0 Å².